The summed E-state index contributed by atoms with van der Waals surface area (Å²) in [7, 11) is 0. The van der Waals surface area contributed by atoms with Gasteiger partial charge < -0.3 is 0 Å². The molecule has 2 atom stereocenters. The standard InChI is InChI=1S/C24H25N3O/c28-24(18-9-10-22-23(15-18)26-12-11-25-22)19-13-20-7-4-8-21(14-19)27(20)16-17-5-2-1-3-6-17/h1-3,5-6,9-12,15,19-21H,4,7-8,13-14,16H2. The molecule has 3 aromatic rings. The number of piperidine rings is 2. The van der Waals surface area contributed by atoms with Crippen LogP contribution in [-0.2, 0) is 6.54 Å². The van der Waals surface area contributed by atoms with Crippen molar-refractivity contribution >= 4 is 16.8 Å². The fourth-order valence-corrected chi connectivity index (χ4v) is 5.10. The quantitative estimate of drug-likeness (QED) is 0.627. The summed E-state index contributed by atoms with van der Waals surface area (Å²) >= 11 is 0. The van der Waals surface area contributed by atoms with E-state index in [9.17, 15) is 4.79 Å². The molecule has 0 spiro atoms. The van der Waals surface area contributed by atoms with Crippen LogP contribution in [0.25, 0.3) is 11.0 Å². The summed E-state index contributed by atoms with van der Waals surface area (Å²) in [6.45, 7) is 1.00. The van der Waals surface area contributed by atoms with Gasteiger partial charge in [0.1, 0.15) is 0 Å². The van der Waals surface area contributed by atoms with Gasteiger partial charge in [-0.15, -0.1) is 0 Å². The van der Waals surface area contributed by atoms with Crippen LogP contribution in [0.1, 0.15) is 48.0 Å². The molecule has 4 heteroatoms. The van der Waals surface area contributed by atoms with Crippen molar-refractivity contribution in [3.8, 4) is 0 Å². The van der Waals surface area contributed by atoms with Crippen LogP contribution in [0.4, 0.5) is 0 Å². The Morgan fingerprint density at radius 1 is 0.929 bits per heavy atom. The summed E-state index contributed by atoms with van der Waals surface area (Å²) in [5.41, 5.74) is 3.80. The third-order valence-electron chi connectivity index (χ3n) is 6.46. The lowest BCUT2D eigenvalue weighted by Crippen LogP contribution is -2.52. The molecule has 4 nitrogen and oxygen atoms in total. The summed E-state index contributed by atoms with van der Waals surface area (Å²) in [5, 5.41) is 0. The molecule has 0 radical (unpaired) electrons. The molecule has 2 unspecified atom stereocenters. The summed E-state index contributed by atoms with van der Waals surface area (Å²) < 4.78 is 0. The predicted molar refractivity (Wildman–Crippen MR) is 110 cm³/mol. The third kappa shape index (κ3) is 3.33. The van der Waals surface area contributed by atoms with Gasteiger partial charge in [-0.1, -0.05) is 36.8 Å². The first-order valence-electron chi connectivity index (χ1n) is 10.3. The van der Waals surface area contributed by atoms with Crippen molar-refractivity contribution in [2.24, 2.45) is 5.92 Å². The molecule has 1 aromatic heterocycles. The fourth-order valence-electron chi connectivity index (χ4n) is 5.10. The van der Waals surface area contributed by atoms with E-state index in [0.29, 0.717) is 12.1 Å². The second-order valence-electron chi connectivity index (χ2n) is 8.19. The summed E-state index contributed by atoms with van der Waals surface area (Å²) in [6, 6.07) is 17.5. The summed E-state index contributed by atoms with van der Waals surface area (Å²) in [4.78, 5) is 24.6. The van der Waals surface area contributed by atoms with Gasteiger partial charge in [0.15, 0.2) is 5.78 Å². The van der Waals surface area contributed by atoms with Gasteiger partial charge in [-0.3, -0.25) is 19.7 Å². The topological polar surface area (TPSA) is 46.1 Å². The van der Waals surface area contributed by atoms with Crippen molar-refractivity contribution in [2.75, 3.05) is 0 Å². The third-order valence-corrected chi connectivity index (χ3v) is 6.46. The van der Waals surface area contributed by atoms with Crippen LogP contribution < -0.4 is 0 Å². The van der Waals surface area contributed by atoms with Crippen molar-refractivity contribution in [2.45, 2.75) is 50.7 Å². The van der Waals surface area contributed by atoms with Crippen molar-refractivity contribution in [1.29, 1.82) is 0 Å². The molecule has 0 N–H and O–H groups in total. The van der Waals surface area contributed by atoms with Crippen LogP contribution in [0, 0.1) is 5.92 Å². The van der Waals surface area contributed by atoms with E-state index in [0.717, 1.165) is 36.0 Å². The second-order valence-corrected chi connectivity index (χ2v) is 8.19. The average molecular weight is 371 g/mol. The Morgan fingerprint density at radius 3 is 2.39 bits per heavy atom. The normalized spacial score (nSPS) is 24.9. The van der Waals surface area contributed by atoms with Crippen molar-refractivity contribution in [3.63, 3.8) is 0 Å². The number of carbonyl (C=O) groups is 1. The Balaban J connectivity index is 1.35. The highest BCUT2D eigenvalue weighted by Gasteiger charge is 2.40. The zero-order valence-corrected chi connectivity index (χ0v) is 16.0. The molecule has 5 rings (SSSR count). The van der Waals surface area contributed by atoms with E-state index < -0.39 is 0 Å². The van der Waals surface area contributed by atoms with Gasteiger partial charge in [0.05, 0.1) is 11.0 Å². The van der Waals surface area contributed by atoms with Crippen LogP contribution in [0.2, 0.25) is 0 Å². The lowest BCUT2D eigenvalue weighted by Gasteiger charge is -2.48. The molecule has 0 amide bonds. The Labute approximate surface area is 165 Å². The minimum Gasteiger partial charge on any atom is -0.294 e. The highest BCUT2D eigenvalue weighted by molar-refractivity contribution is 6.00. The Morgan fingerprint density at radius 2 is 1.64 bits per heavy atom. The van der Waals surface area contributed by atoms with E-state index in [4.69, 9.17) is 0 Å². The van der Waals surface area contributed by atoms with Crippen LogP contribution in [0.3, 0.4) is 0 Å². The number of hydrogen-bond donors (Lipinski definition) is 0. The first kappa shape index (κ1) is 17.5. The van der Waals surface area contributed by atoms with Gasteiger partial charge in [-0.2, -0.15) is 0 Å². The minimum atomic E-state index is 0.122. The monoisotopic (exact) mass is 371 g/mol. The Hall–Kier alpha value is -2.59. The number of ketones is 1. The van der Waals surface area contributed by atoms with Gasteiger partial charge in [0.25, 0.3) is 0 Å². The molecule has 3 heterocycles. The summed E-state index contributed by atoms with van der Waals surface area (Å²) in [6.07, 6.45) is 9.01. The minimum absolute atomic E-state index is 0.122. The molecular weight excluding hydrogens is 346 g/mol. The maximum atomic E-state index is 13.3. The Bertz CT molecular complexity index is 973. The fraction of sp³-hybridized carbons (Fsp3) is 0.375. The molecule has 2 aromatic carbocycles. The molecule has 0 saturated carbocycles. The van der Waals surface area contributed by atoms with Gasteiger partial charge in [0.2, 0.25) is 0 Å². The van der Waals surface area contributed by atoms with Gasteiger partial charge in [-0.05, 0) is 49.4 Å². The molecule has 2 bridgehead atoms. The molecule has 2 saturated heterocycles. The number of aromatic nitrogens is 2. The number of hydrogen-bond acceptors (Lipinski definition) is 4. The number of nitrogens with zero attached hydrogens (tertiary/aromatic N) is 3. The molecule has 0 aliphatic carbocycles. The number of Topliss-reactive ketones (excluding diaryl/α,β-unsaturated/α-hetero) is 1. The smallest absolute Gasteiger partial charge is 0.166 e. The van der Waals surface area contributed by atoms with Crippen molar-refractivity contribution in [3.05, 3.63) is 72.1 Å². The first-order valence-corrected chi connectivity index (χ1v) is 10.3. The van der Waals surface area contributed by atoms with Gasteiger partial charge in [-0.25, -0.2) is 0 Å². The van der Waals surface area contributed by atoms with Crippen LogP contribution in [0.15, 0.2) is 60.9 Å². The maximum absolute atomic E-state index is 13.3. The average Bonchev–Trinajstić information content (AvgIpc) is 2.73. The van der Waals surface area contributed by atoms with Crippen LogP contribution in [-0.4, -0.2) is 32.7 Å². The van der Waals surface area contributed by atoms with Gasteiger partial charge >= 0.3 is 0 Å². The number of fused-ring (bicyclic) bond motifs is 3. The predicted octanol–water partition coefficient (Wildman–Crippen LogP) is 4.65. The highest BCUT2D eigenvalue weighted by Crippen LogP contribution is 2.39. The molecule has 2 aliphatic heterocycles. The summed E-state index contributed by atoms with van der Waals surface area (Å²) in [5.74, 6) is 0.403. The maximum Gasteiger partial charge on any atom is 0.166 e. The SMILES string of the molecule is O=C(c1ccc2nccnc2c1)C1CC2CCCC(C1)N2Cc1ccccc1. The van der Waals surface area contributed by atoms with Crippen LogP contribution >= 0.6 is 0 Å². The lowest BCUT2D eigenvalue weighted by molar-refractivity contribution is 0.00907. The Kier molecular flexibility index (Phi) is 4.65. The van der Waals surface area contributed by atoms with E-state index in [1.54, 1.807) is 12.4 Å². The zero-order valence-electron chi connectivity index (χ0n) is 16.0. The number of rotatable bonds is 4. The zero-order chi connectivity index (χ0) is 18.9. The second kappa shape index (κ2) is 7.44. The molecule has 28 heavy (non-hydrogen) atoms. The van der Waals surface area contributed by atoms with E-state index in [2.05, 4.69) is 45.2 Å². The van der Waals surface area contributed by atoms with E-state index in [1.807, 2.05) is 18.2 Å². The number of carbonyl (C=O) groups excluding carboxylic acids is 1. The van der Waals surface area contributed by atoms with Crippen LogP contribution in [0.5, 0.6) is 0 Å². The largest absolute Gasteiger partial charge is 0.294 e. The first-order chi connectivity index (χ1) is 13.8. The van der Waals surface area contributed by atoms with Crippen molar-refractivity contribution < 1.29 is 4.79 Å². The van der Waals surface area contributed by atoms with E-state index in [1.165, 1.54) is 24.8 Å². The lowest BCUT2D eigenvalue weighted by atomic mass is 9.75. The molecular formula is C24H25N3O. The highest BCUT2D eigenvalue weighted by atomic mass is 16.1. The number of benzene rings is 2. The molecule has 2 aliphatic rings. The van der Waals surface area contributed by atoms with Crippen molar-refractivity contribution in [1.82, 2.24) is 14.9 Å². The van der Waals surface area contributed by atoms with Gasteiger partial charge in [0, 0.05) is 42.5 Å². The van der Waals surface area contributed by atoms with E-state index in [-0.39, 0.29) is 11.7 Å². The van der Waals surface area contributed by atoms with E-state index >= 15 is 0 Å². The molecule has 2 fully saturated rings. The molecule has 142 valence electrons.